The molecule has 0 radical (unpaired) electrons. The third-order valence-electron chi connectivity index (χ3n) is 3.76. The molecule has 0 unspecified atom stereocenters. The Bertz CT molecular complexity index is 608. The Morgan fingerprint density at radius 3 is 2.22 bits per heavy atom. The average Bonchev–Trinajstić information content (AvgIpc) is 2.51. The maximum Gasteiger partial charge on any atom is 0.142 e. The SMILES string of the molecule is CC(C)COc1ccccc1NCc1ccc(C(C)(C)C)cc1. The Morgan fingerprint density at radius 1 is 0.957 bits per heavy atom. The molecule has 0 heterocycles. The van der Waals surface area contributed by atoms with Gasteiger partial charge in [0.25, 0.3) is 0 Å². The third-order valence-corrected chi connectivity index (χ3v) is 3.76. The van der Waals surface area contributed by atoms with E-state index in [9.17, 15) is 0 Å². The van der Waals surface area contributed by atoms with Crippen LogP contribution < -0.4 is 10.1 Å². The number of para-hydroxylation sites is 2. The van der Waals surface area contributed by atoms with Crippen molar-refractivity contribution in [2.45, 2.75) is 46.6 Å². The van der Waals surface area contributed by atoms with Crippen LogP contribution in [-0.4, -0.2) is 6.61 Å². The molecule has 2 rings (SSSR count). The summed E-state index contributed by atoms with van der Waals surface area (Å²) in [5, 5.41) is 3.49. The van der Waals surface area contributed by atoms with Crippen LogP contribution in [0.5, 0.6) is 5.75 Å². The van der Waals surface area contributed by atoms with Crippen LogP contribution >= 0.6 is 0 Å². The fraction of sp³-hybridized carbons (Fsp3) is 0.429. The van der Waals surface area contributed by atoms with Gasteiger partial charge in [0, 0.05) is 6.54 Å². The quantitative estimate of drug-likeness (QED) is 0.746. The van der Waals surface area contributed by atoms with Gasteiger partial charge in [0.1, 0.15) is 5.75 Å². The summed E-state index contributed by atoms with van der Waals surface area (Å²) >= 11 is 0. The van der Waals surface area contributed by atoms with Crippen molar-refractivity contribution in [2.24, 2.45) is 5.92 Å². The van der Waals surface area contributed by atoms with Gasteiger partial charge < -0.3 is 10.1 Å². The van der Waals surface area contributed by atoms with Gasteiger partial charge in [-0.3, -0.25) is 0 Å². The number of hydrogen-bond acceptors (Lipinski definition) is 2. The second kappa shape index (κ2) is 7.54. The summed E-state index contributed by atoms with van der Waals surface area (Å²) in [5.41, 5.74) is 3.88. The molecule has 0 aliphatic carbocycles. The Labute approximate surface area is 140 Å². The molecule has 0 aliphatic rings. The lowest BCUT2D eigenvalue weighted by Gasteiger charge is -2.19. The van der Waals surface area contributed by atoms with E-state index in [0.29, 0.717) is 5.92 Å². The molecule has 0 amide bonds. The minimum atomic E-state index is 0.198. The van der Waals surface area contributed by atoms with Gasteiger partial charge in [0.15, 0.2) is 0 Å². The number of benzene rings is 2. The first kappa shape index (κ1) is 17.4. The molecular formula is C21H29NO. The lowest BCUT2D eigenvalue weighted by atomic mass is 9.87. The van der Waals surface area contributed by atoms with Gasteiger partial charge in [-0.2, -0.15) is 0 Å². The van der Waals surface area contributed by atoms with Crippen molar-refractivity contribution in [1.29, 1.82) is 0 Å². The van der Waals surface area contributed by atoms with Gasteiger partial charge >= 0.3 is 0 Å². The highest BCUT2D eigenvalue weighted by molar-refractivity contribution is 5.56. The van der Waals surface area contributed by atoms with E-state index >= 15 is 0 Å². The molecule has 124 valence electrons. The summed E-state index contributed by atoms with van der Waals surface area (Å²) in [6.45, 7) is 12.6. The van der Waals surface area contributed by atoms with Gasteiger partial charge in [0.05, 0.1) is 12.3 Å². The second-order valence-electron chi connectivity index (χ2n) is 7.50. The van der Waals surface area contributed by atoms with E-state index in [1.165, 1.54) is 11.1 Å². The largest absolute Gasteiger partial charge is 0.491 e. The fourth-order valence-electron chi connectivity index (χ4n) is 2.31. The molecule has 0 bridgehead atoms. The number of rotatable bonds is 6. The van der Waals surface area contributed by atoms with Crippen LogP contribution in [0.1, 0.15) is 45.7 Å². The van der Waals surface area contributed by atoms with E-state index < -0.39 is 0 Å². The highest BCUT2D eigenvalue weighted by Gasteiger charge is 2.12. The molecule has 2 aromatic rings. The molecule has 2 aromatic carbocycles. The highest BCUT2D eigenvalue weighted by Crippen LogP contribution is 2.26. The summed E-state index contributed by atoms with van der Waals surface area (Å²) in [7, 11) is 0. The van der Waals surface area contributed by atoms with Crippen LogP contribution in [0.3, 0.4) is 0 Å². The monoisotopic (exact) mass is 311 g/mol. The van der Waals surface area contributed by atoms with Crippen molar-refractivity contribution >= 4 is 5.69 Å². The molecule has 0 aliphatic heterocycles. The predicted octanol–water partition coefficient (Wildman–Crippen LogP) is 5.63. The van der Waals surface area contributed by atoms with Crippen LogP contribution in [-0.2, 0) is 12.0 Å². The van der Waals surface area contributed by atoms with E-state index in [2.05, 4.69) is 70.3 Å². The smallest absolute Gasteiger partial charge is 0.142 e. The Morgan fingerprint density at radius 2 is 1.61 bits per heavy atom. The molecular weight excluding hydrogens is 282 g/mol. The van der Waals surface area contributed by atoms with E-state index in [1.54, 1.807) is 0 Å². The lowest BCUT2D eigenvalue weighted by Crippen LogP contribution is -2.11. The van der Waals surface area contributed by atoms with Crippen LogP contribution in [0.2, 0.25) is 0 Å². The summed E-state index contributed by atoms with van der Waals surface area (Å²) in [6.07, 6.45) is 0. The minimum absolute atomic E-state index is 0.198. The van der Waals surface area contributed by atoms with Crippen molar-refractivity contribution in [1.82, 2.24) is 0 Å². The molecule has 0 aromatic heterocycles. The van der Waals surface area contributed by atoms with E-state index in [-0.39, 0.29) is 5.41 Å². The topological polar surface area (TPSA) is 21.3 Å². The molecule has 1 N–H and O–H groups in total. The minimum Gasteiger partial charge on any atom is -0.491 e. The summed E-state index contributed by atoms with van der Waals surface area (Å²) < 4.78 is 5.89. The normalized spacial score (nSPS) is 11.6. The van der Waals surface area contributed by atoms with Crippen LogP contribution in [0, 0.1) is 5.92 Å². The van der Waals surface area contributed by atoms with Crippen LogP contribution in [0.15, 0.2) is 48.5 Å². The third kappa shape index (κ3) is 5.31. The highest BCUT2D eigenvalue weighted by atomic mass is 16.5. The second-order valence-corrected chi connectivity index (χ2v) is 7.50. The molecule has 0 saturated carbocycles. The lowest BCUT2D eigenvalue weighted by molar-refractivity contribution is 0.272. The molecule has 0 spiro atoms. The van der Waals surface area contributed by atoms with E-state index in [1.807, 2.05) is 18.2 Å². The standard InChI is InChI=1S/C21H29NO/c1-16(2)15-23-20-9-7-6-8-19(20)22-14-17-10-12-18(13-11-17)21(3,4)5/h6-13,16,22H,14-15H2,1-5H3. The van der Waals surface area contributed by atoms with Crippen LogP contribution in [0.25, 0.3) is 0 Å². The van der Waals surface area contributed by atoms with Crippen molar-refractivity contribution in [3.63, 3.8) is 0 Å². The van der Waals surface area contributed by atoms with Crippen molar-refractivity contribution in [3.05, 3.63) is 59.7 Å². The van der Waals surface area contributed by atoms with Gasteiger partial charge in [0.2, 0.25) is 0 Å². The fourth-order valence-corrected chi connectivity index (χ4v) is 2.31. The molecule has 0 saturated heterocycles. The first-order valence-electron chi connectivity index (χ1n) is 8.41. The maximum atomic E-state index is 5.89. The van der Waals surface area contributed by atoms with Crippen molar-refractivity contribution < 1.29 is 4.74 Å². The Hall–Kier alpha value is -1.96. The van der Waals surface area contributed by atoms with Crippen LogP contribution in [0.4, 0.5) is 5.69 Å². The first-order valence-corrected chi connectivity index (χ1v) is 8.41. The van der Waals surface area contributed by atoms with E-state index in [0.717, 1.165) is 24.6 Å². The van der Waals surface area contributed by atoms with Gasteiger partial charge in [-0.05, 0) is 34.6 Å². The summed E-state index contributed by atoms with van der Waals surface area (Å²) in [6, 6.07) is 17.0. The summed E-state index contributed by atoms with van der Waals surface area (Å²) in [5.74, 6) is 1.44. The summed E-state index contributed by atoms with van der Waals surface area (Å²) in [4.78, 5) is 0. The number of anilines is 1. The molecule has 0 atom stereocenters. The zero-order valence-corrected chi connectivity index (χ0v) is 15.0. The van der Waals surface area contributed by atoms with Gasteiger partial charge in [-0.25, -0.2) is 0 Å². The number of nitrogens with one attached hydrogen (secondary N) is 1. The van der Waals surface area contributed by atoms with Gasteiger partial charge in [-0.15, -0.1) is 0 Å². The molecule has 2 heteroatoms. The number of hydrogen-bond donors (Lipinski definition) is 1. The van der Waals surface area contributed by atoms with E-state index in [4.69, 9.17) is 4.74 Å². The first-order chi connectivity index (χ1) is 10.9. The Balaban J connectivity index is 2.01. The zero-order chi connectivity index (χ0) is 16.9. The number of ether oxygens (including phenoxy) is 1. The van der Waals surface area contributed by atoms with Crippen molar-refractivity contribution in [2.75, 3.05) is 11.9 Å². The maximum absolute atomic E-state index is 5.89. The molecule has 2 nitrogen and oxygen atoms in total. The Kier molecular flexibility index (Phi) is 5.70. The average molecular weight is 311 g/mol. The van der Waals surface area contributed by atoms with Gasteiger partial charge in [-0.1, -0.05) is 71.0 Å². The predicted molar refractivity (Wildman–Crippen MR) is 99.2 cm³/mol. The molecule has 23 heavy (non-hydrogen) atoms. The zero-order valence-electron chi connectivity index (χ0n) is 15.0. The molecule has 0 fully saturated rings. The van der Waals surface area contributed by atoms with Crippen molar-refractivity contribution in [3.8, 4) is 5.75 Å².